The average molecular weight is 276 g/mol. The third-order valence-electron chi connectivity index (χ3n) is 2.12. The molecular formula is C12H6Cl3F. The van der Waals surface area contributed by atoms with Gasteiger partial charge >= 0.3 is 0 Å². The molecule has 2 rings (SSSR count). The van der Waals surface area contributed by atoms with E-state index in [1.807, 2.05) is 0 Å². The van der Waals surface area contributed by atoms with Gasteiger partial charge in [0.2, 0.25) is 0 Å². The Morgan fingerprint density at radius 2 is 1.50 bits per heavy atom. The highest BCUT2D eigenvalue weighted by atomic mass is 35.5. The van der Waals surface area contributed by atoms with E-state index in [9.17, 15) is 4.39 Å². The summed E-state index contributed by atoms with van der Waals surface area (Å²) >= 11 is 17.9. The summed E-state index contributed by atoms with van der Waals surface area (Å²) in [6, 6.07) is 9.24. The van der Waals surface area contributed by atoms with Crippen molar-refractivity contribution in [3.8, 4) is 11.1 Å². The maximum Gasteiger partial charge on any atom is 0.123 e. The maximum absolute atomic E-state index is 13.1. The second-order valence-electron chi connectivity index (χ2n) is 3.25. The van der Waals surface area contributed by atoms with E-state index in [-0.39, 0.29) is 5.82 Å². The van der Waals surface area contributed by atoms with Crippen molar-refractivity contribution in [1.82, 2.24) is 0 Å². The van der Waals surface area contributed by atoms with Gasteiger partial charge in [0.25, 0.3) is 0 Å². The molecule has 0 saturated heterocycles. The third-order valence-corrected chi connectivity index (χ3v) is 2.93. The monoisotopic (exact) mass is 274 g/mol. The van der Waals surface area contributed by atoms with Crippen LogP contribution in [-0.2, 0) is 0 Å². The minimum atomic E-state index is -0.334. The molecule has 0 aliphatic heterocycles. The number of rotatable bonds is 1. The molecule has 0 fully saturated rings. The van der Waals surface area contributed by atoms with Crippen LogP contribution in [0.15, 0.2) is 36.4 Å². The van der Waals surface area contributed by atoms with Crippen LogP contribution in [0.3, 0.4) is 0 Å². The fourth-order valence-electron chi connectivity index (χ4n) is 1.46. The Balaban J connectivity index is 2.64. The second kappa shape index (κ2) is 4.62. The molecule has 0 radical (unpaired) electrons. The van der Waals surface area contributed by atoms with Crippen LogP contribution in [-0.4, -0.2) is 0 Å². The van der Waals surface area contributed by atoms with Gasteiger partial charge < -0.3 is 0 Å². The number of hydrogen-bond acceptors (Lipinski definition) is 0. The van der Waals surface area contributed by atoms with Crippen molar-refractivity contribution in [2.75, 3.05) is 0 Å². The van der Waals surface area contributed by atoms with Gasteiger partial charge in [-0.25, -0.2) is 4.39 Å². The number of benzene rings is 2. The Labute approximate surface area is 108 Å². The SMILES string of the molecule is Fc1cccc(-c2c(Cl)cc(Cl)cc2Cl)c1. The number of halogens is 4. The van der Waals surface area contributed by atoms with Gasteiger partial charge in [-0.1, -0.05) is 46.9 Å². The van der Waals surface area contributed by atoms with Crippen LogP contribution in [0.1, 0.15) is 0 Å². The average Bonchev–Trinajstić information content (AvgIpc) is 2.15. The summed E-state index contributed by atoms with van der Waals surface area (Å²) in [5.41, 5.74) is 1.22. The first-order chi connectivity index (χ1) is 7.58. The molecular weight excluding hydrogens is 269 g/mol. The lowest BCUT2D eigenvalue weighted by atomic mass is 10.1. The molecule has 0 bridgehead atoms. The van der Waals surface area contributed by atoms with E-state index in [2.05, 4.69) is 0 Å². The van der Waals surface area contributed by atoms with Gasteiger partial charge in [-0.3, -0.25) is 0 Å². The maximum atomic E-state index is 13.1. The third kappa shape index (κ3) is 2.32. The summed E-state index contributed by atoms with van der Waals surface area (Å²) < 4.78 is 13.1. The highest BCUT2D eigenvalue weighted by Crippen LogP contribution is 2.37. The predicted molar refractivity (Wildman–Crippen MR) is 66.9 cm³/mol. The fourth-order valence-corrected chi connectivity index (χ4v) is 2.50. The molecule has 0 saturated carbocycles. The highest BCUT2D eigenvalue weighted by Gasteiger charge is 2.10. The molecule has 0 nitrogen and oxygen atoms in total. The van der Waals surface area contributed by atoms with Crippen molar-refractivity contribution < 1.29 is 4.39 Å². The van der Waals surface area contributed by atoms with E-state index in [4.69, 9.17) is 34.8 Å². The van der Waals surface area contributed by atoms with Crippen molar-refractivity contribution in [3.05, 3.63) is 57.3 Å². The summed E-state index contributed by atoms with van der Waals surface area (Å²) in [5, 5.41) is 1.27. The molecule has 2 aromatic rings. The van der Waals surface area contributed by atoms with Crippen LogP contribution in [0.2, 0.25) is 15.1 Å². The normalized spacial score (nSPS) is 10.5. The lowest BCUT2D eigenvalue weighted by Crippen LogP contribution is -1.83. The molecule has 0 aliphatic carbocycles. The Morgan fingerprint density at radius 3 is 2.06 bits per heavy atom. The molecule has 0 heterocycles. The lowest BCUT2D eigenvalue weighted by molar-refractivity contribution is 0.628. The smallest absolute Gasteiger partial charge is 0.123 e. The highest BCUT2D eigenvalue weighted by molar-refractivity contribution is 6.41. The van der Waals surface area contributed by atoms with Crippen LogP contribution in [0.25, 0.3) is 11.1 Å². The molecule has 2 aromatic carbocycles. The second-order valence-corrected chi connectivity index (χ2v) is 4.51. The first-order valence-corrected chi connectivity index (χ1v) is 5.62. The molecule has 0 amide bonds. The quantitative estimate of drug-likeness (QED) is 0.649. The van der Waals surface area contributed by atoms with Gasteiger partial charge in [0.15, 0.2) is 0 Å². The number of hydrogen-bond donors (Lipinski definition) is 0. The van der Waals surface area contributed by atoms with E-state index in [1.54, 1.807) is 24.3 Å². The molecule has 0 atom stereocenters. The fraction of sp³-hybridized carbons (Fsp3) is 0. The molecule has 0 unspecified atom stereocenters. The zero-order valence-corrected chi connectivity index (χ0v) is 10.2. The molecule has 0 aliphatic rings. The zero-order valence-electron chi connectivity index (χ0n) is 7.98. The van der Waals surface area contributed by atoms with E-state index < -0.39 is 0 Å². The van der Waals surface area contributed by atoms with Gasteiger partial charge in [-0.05, 0) is 29.8 Å². The van der Waals surface area contributed by atoms with Gasteiger partial charge in [0.05, 0.1) is 10.0 Å². The summed E-state index contributed by atoms with van der Waals surface area (Å²) in [6.45, 7) is 0. The van der Waals surface area contributed by atoms with Gasteiger partial charge in [-0.2, -0.15) is 0 Å². The summed E-state index contributed by atoms with van der Waals surface area (Å²) in [4.78, 5) is 0. The Bertz CT molecular complexity index is 515. The first kappa shape index (κ1) is 11.7. The Morgan fingerprint density at radius 1 is 0.875 bits per heavy atom. The predicted octanol–water partition coefficient (Wildman–Crippen LogP) is 5.45. The van der Waals surface area contributed by atoms with Crippen molar-refractivity contribution >= 4 is 34.8 Å². The van der Waals surface area contributed by atoms with E-state index >= 15 is 0 Å². The van der Waals surface area contributed by atoms with E-state index in [0.29, 0.717) is 26.2 Å². The molecule has 0 N–H and O–H groups in total. The van der Waals surface area contributed by atoms with Crippen molar-refractivity contribution in [1.29, 1.82) is 0 Å². The van der Waals surface area contributed by atoms with Crippen LogP contribution >= 0.6 is 34.8 Å². The molecule has 0 spiro atoms. The van der Waals surface area contributed by atoms with Crippen LogP contribution in [0, 0.1) is 5.82 Å². The van der Waals surface area contributed by atoms with Crippen LogP contribution < -0.4 is 0 Å². The largest absolute Gasteiger partial charge is 0.207 e. The summed E-state index contributed by atoms with van der Waals surface area (Å²) in [7, 11) is 0. The molecule has 16 heavy (non-hydrogen) atoms. The molecule has 0 aromatic heterocycles. The van der Waals surface area contributed by atoms with Gasteiger partial charge in [-0.15, -0.1) is 0 Å². The minimum Gasteiger partial charge on any atom is -0.207 e. The molecule has 82 valence electrons. The molecule has 4 heteroatoms. The zero-order chi connectivity index (χ0) is 11.7. The van der Waals surface area contributed by atoms with E-state index in [1.165, 1.54) is 12.1 Å². The standard InChI is InChI=1S/C12H6Cl3F/c13-8-5-10(14)12(11(15)6-8)7-2-1-3-9(16)4-7/h1-6H. The first-order valence-electron chi connectivity index (χ1n) is 4.48. The van der Waals surface area contributed by atoms with Crippen molar-refractivity contribution in [2.45, 2.75) is 0 Å². The summed E-state index contributed by atoms with van der Waals surface area (Å²) in [5.74, 6) is -0.334. The van der Waals surface area contributed by atoms with Crippen LogP contribution in [0.4, 0.5) is 4.39 Å². The Hall–Kier alpha value is -0.760. The van der Waals surface area contributed by atoms with Gasteiger partial charge in [0.1, 0.15) is 5.82 Å². The summed E-state index contributed by atoms with van der Waals surface area (Å²) in [6.07, 6.45) is 0. The van der Waals surface area contributed by atoms with Crippen molar-refractivity contribution in [2.24, 2.45) is 0 Å². The van der Waals surface area contributed by atoms with Gasteiger partial charge in [0, 0.05) is 10.6 Å². The topological polar surface area (TPSA) is 0 Å². The minimum absolute atomic E-state index is 0.334. The van der Waals surface area contributed by atoms with Crippen molar-refractivity contribution in [3.63, 3.8) is 0 Å². The van der Waals surface area contributed by atoms with E-state index in [0.717, 1.165) is 0 Å². The Kier molecular flexibility index (Phi) is 3.38. The van der Waals surface area contributed by atoms with Crippen LogP contribution in [0.5, 0.6) is 0 Å². The lowest BCUT2D eigenvalue weighted by Gasteiger charge is -2.07.